The van der Waals surface area contributed by atoms with Crippen LogP contribution in [0.1, 0.15) is 27.6 Å². The van der Waals surface area contributed by atoms with Gasteiger partial charge in [-0.25, -0.2) is 9.67 Å². The third-order valence-corrected chi connectivity index (χ3v) is 5.61. The Morgan fingerprint density at radius 3 is 2.75 bits per heavy atom. The average molecular weight is 458 g/mol. The number of oxazole rings is 1. The van der Waals surface area contributed by atoms with Crippen LogP contribution in [0.4, 0.5) is 5.69 Å². The zero-order valence-electron chi connectivity index (χ0n) is 15.1. The van der Waals surface area contributed by atoms with E-state index >= 15 is 0 Å². The van der Waals surface area contributed by atoms with Gasteiger partial charge in [-0.05, 0) is 49.6 Å². The van der Waals surface area contributed by atoms with E-state index in [1.54, 1.807) is 16.0 Å². The molecule has 0 saturated carbocycles. The van der Waals surface area contributed by atoms with Crippen molar-refractivity contribution < 1.29 is 9.21 Å². The molecular weight excluding hydrogens is 442 g/mol. The van der Waals surface area contributed by atoms with Gasteiger partial charge in [-0.3, -0.25) is 4.79 Å². The number of carbonyl (C=O) groups is 1. The highest BCUT2D eigenvalue weighted by molar-refractivity contribution is 9.10. The molecule has 3 aromatic heterocycles. The Balaban J connectivity index is 1.52. The molecule has 0 aliphatic rings. The molecular formula is C19H16BrN5O2S. The topological polar surface area (TPSA) is 85.8 Å². The van der Waals surface area contributed by atoms with Crippen molar-refractivity contribution in [3.05, 3.63) is 69.1 Å². The van der Waals surface area contributed by atoms with Gasteiger partial charge in [-0.1, -0.05) is 27.2 Å². The summed E-state index contributed by atoms with van der Waals surface area (Å²) in [7, 11) is 0. The number of carbonyl (C=O) groups excluding carboxylic acids is 1. The van der Waals surface area contributed by atoms with E-state index in [4.69, 9.17) is 4.42 Å². The van der Waals surface area contributed by atoms with Gasteiger partial charge in [0.15, 0.2) is 5.69 Å². The summed E-state index contributed by atoms with van der Waals surface area (Å²) in [5.74, 6) is 1.01. The summed E-state index contributed by atoms with van der Waals surface area (Å²) < 4.78 is 8.36. The highest BCUT2D eigenvalue weighted by Gasteiger charge is 2.19. The molecule has 28 heavy (non-hydrogen) atoms. The smallest absolute Gasteiger partial charge is 0.278 e. The van der Waals surface area contributed by atoms with Gasteiger partial charge in [0.1, 0.15) is 11.5 Å². The molecule has 0 atom stereocenters. The second-order valence-electron chi connectivity index (χ2n) is 6.14. The number of anilines is 1. The molecule has 3 heterocycles. The Hall–Kier alpha value is -2.78. The number of aryl methyl sites for hydroxylation is 1. The third kappa shape index (κ3) is 3.76. The number of nitrogens with zero attached hydrogens (tertiary/aromatic N) is 4. The minimum atomic E-state index is -0.303. The van der Waals surface area contributed by atoms with Crippen molar-refractivity contribution in [2.75, 3.05) is 5.32 Å². The van der Waals surface area contributed by atoms with Crippen molar-refractivity contribution in [3.63, 3.8) is 0 Å². The Morgan fingerprint density at radius 2 is 2.04 bits per heavy atom. The number of hydrogen-bond donors (Lipinski definition) is 1. The fourth-order valence-corrected chi connectivity index (χ4v) is 3.58. The molecule has 1 N–H and O–H groups in total. The van der Waals surface area contributed by atoms with Crippen LogP contribution in [0.5, 0.6) is 0 Å². The number of rotatable bonds is 5. The molecule has 0 saturated heterocycles. The molecule has 9 heteroatoms. The summed E-state index contributed by atoms with van der Waals surface area (Å²) in [6.45, 7) is 4.06. The number of benzene rings is 1. The quantitative estimate of drug-likeness (QED) is 0.470. The van der Waals surface area contributed by atoms with Crippen LogP contribution in [-0.4, -0.2) is 25.9 Å². The number of nitrogens with one attached hydrogen (secondary N) is 1. The monoisotopic (exact) mass is 457 g/mol. The fraction of sp³-hybridized carbons (Fsp3) is 0.158. The molecule has 0 bridgehead atoms. The fourth-order valence-electron chi connectivity index (χ4n) is 2.67. The van der Waals surface area contributed by atoms with Crippen molar-refractivity contribution in [2.24, 2.45) is 0 Å². The maximum Gasteiger partial charge on any atom is 0.278 e. The summed E-state index contributed by atoms with van der Waals surface area (Å²) in [6.07, 6.45) is 0. The summed E-state index contributed by atoms with van der Waals surface area (Å²) in [6, 6.07) is 11.3. The molecule has 1 aromatic carbocycles. The van der Waals surface area contributed by atoms with Gasteiger partial charge in [-0.15, -0.1) is 16.4 Å². The Bertz CT molecular complexity index is 1120. The highest BCUT2D eigenvalue weighted by atomic mass is 79.9. The first kappa shape index (κ1) is 18.6. The summed E-state index contributed by atoms with van der Waals surface area (Å²) in [5.41, 5.74) is 2.39. The number of aromatic nitrogens is 4. The number of amides is 1. The largest absolute Gasteiger partial charge is 0.440 e. The Labute approximate surface area is 173 Å². The molecule has 1 amide bonds. The van der Waals surface area contributed by atoms with Crippen LogP contribution in [-0.2, 0) is 6.54 Å². The molecule has 7 nitrogen and oxygen atoms in total. The van der Waals surface area contributed by atoms with Gasteiger partial charge in [0, 0.05) is 10.2 Å². The average Bonchev–Trinajstić information content (AvgIpc) is 3.40. The molecule has 0 unspecified atom stereocenters. The van der Waals surface area contributed by atoms with E-state index < -0.39 is 0 Å². The van der Waals surface area contributed by atoms with Crippen LogP contribution in [0, 0.1) is 13.8 Å². The van der Waals surface area contributed by atoms with E-state index in [-0.39, 0.29) is 11.6 Å². The molecule has 142 valence electrons. The van der Waals surface area contributed by atoms with E-state index in [1.165, 1.54) is 0 Å². The van der Waals surface area contributed by atoms with Crippen molar-refractivity contribution >= 4 is 38.9 Å². The van der Waals surface area contributed by atoms with Gasteiger partial charge in [-0.2, -0.15) is 0 Å². The normalized spacial score (nSPS) is 11.0. The van der Waals surface area contributed by atoms with Crippen molar-refractivity contribution in [3.8, 4) is 10.8 Å². The van der Waals surface area contributed by atoms with Gasteiger partial charge in [0.25, 0.3) is 5.91 Å². The SMILES string of the molecule is Cc1oc(-c2cccs2)nc1Cn1nnc(C(=O)Nc2ccc(Br)cc2)c1C. The summed E-state index contributed by atoms with van der Waals surface area (Å²) >= 11 is 4.94. The minimum absolute atomic E-state index is 0.280. The standard InChI is InChI=1S/C19H16BrN5O2S/c1-11-17(18(26)21-14-7-5-13(20)6-8-14)23-24-25(11)10-15-12(2)27-19(22-15)16-4-3-9-28-16/h3-9H,10H2,1-2H3,(H,21,26). The molecule has 0 aliphatic carbocycles. The van der Waals surface area contributed by atoms with E-state index in [0.717, 1.165) is 20.8 Å². The second kappa shape index (κ2) is 7.69. The zero-order chi connectivity index (χ0) is 19.7. The Morgan fingerprint density at radius 1 is 1.25 bits per heavy atom. The second-order valence-corrected chi connectivity index (χ2v) is 8.00. The lowest BCUT2D eigenvalue weighted by atomic mass is 10.2. The first-order chi connectivity index (χ1) is 13.5. The molecule has 0 radical (unpaired) electrons. The number of thiophene rings is 1. The molecule has 0 spiro atoms. The molecule has 4 aromatic rings. The zero-order valence-corrected chi connectivity index (χ0v) is 17.5. The highest BCUT2D eigenvalue weighted by Crippen LogP contribution is 2.26. The van der Waals surface area contributed by atoms with Gasteiger partial charge < -0.3 is 9.73 Å². The summed E-state index contributed by atoms with van der Waals surface area (Å²) in [5, 5.41) is 13.0. The van der Waals surface area contributed by atoms with Crippen LogP contribution < -0.4 is 5.32 Å². The van der Waals surface area contributed by atoms with Gasteiger partial charge >= 0.3 is 0 Å². The first-order valence-corrected chi connectivity index (χ1v) is 10.2. The number of hydrogen-bond acceptors (Lipinski definition) is 6. The van der Waals surface area contributed by atoms with E-state index in [0.29, 0.717) is 23.8 Å². The lowest BCUT2D eigenvalue weighted by Gasteiger charge is -2.04. The first-order valence-electron chi connectivity index (χ1n) is 8.48. The van der Waals surface area contributed by atoms with E-state index in [1.807, 2.05) is 55.6 Å². The minimum Gasteiger partial charge on any atom is -0.440 e. The maximum absolute atomic E-state index is 12.5. The predicted octanol–water partition coefficient (Wildman–Crippen LogP) is 4.67. The van der Waals surface area contributed by atoms with Crippen LogP contribution in [0.15, 0.2) is 50.7 Å². The van der Waals surface area contributed by atoms with Crippen LogP contribution in [0.2, 0.25) is 0 Å². The maximum atomic E-state index is 12.5. The summed E-state index contributed by atoms with van der Waals surface area (Å²) in [4.78, 5) is 18.1. The van der Waals surface area contributed by atoms with E-state index in [9.17, 15) is 4.79 Å². The van der Waals surface area contributed by atoms with Crippen LogP contribution >= 0.6 is 27.3 Å². The van der Waals surface area contributed by atoms with E-state index in [2.05, 4.69) is 36.5 Å². The van der Waals surface area contributed by atoms with Crippen LogP contribution in [0.3, 0.4) is 0 Å². The van der Waals surface area contributed by atoms with Crippen molar-refractivity contribution in [1.29, 1.82) is 0 Å². The van der Waals surface area contributed by atoms with Gasteiger partial charge in [0.05, 0.1) is 17.1 Å². The van der Waals surface area contributed by atoms with Gasteiger partial charge in [0.2, 0.25) is 5.89 Å². The predicted molar refractivity (Wildman–Crippen MR) is 111 cm³/mol. The van der Waals surface area contributed by atoms with Crippen molar-refractivity contribution in [1.82, 2.24) is 20.0 Å². The van der Waals surface area contributed by atoms with Crippen molar-refractivity contribution in [2.45, 2.75) is 20.4 Å². The lowest BCUT2D eigenvalue weighted by Crippen LogP contribution is -2.14. The molecule has 4 rings (SSSR count). The molecule has 0 aliphatic heterocycles. The van der Waals surface area contributed by atoms with Crippen LogP contribution in [0.25, 0.3) is 10.8 Å². The lowest BCUT2D eigenvalue weighted by molar-refractivity contribution is 0.102. The Kier molecular flexibility index (Phi) is 5.10. The third-order valence-electron chi connectivity index (χ3n) is 4.22. The number of halogens is 1. The molecule has 0 fully saturated rings.